The van der Waals surface area contributed by atoms with E-state index in [2.05, 4.69) is 15.2 Å². The van der Waals surface area contributed by atoms with Crippen LogP contribution in [0, 0.1) is 5.41 Å². The number of nitrogens with one attached hydrogen (secondary N) is 1. The molecule has 2 aliphatic carbocycles. The van der Waals surface area contributed by atoms with Crippen LogP contribution >= 0.6 is 0 Å². The Hall–Kier alpha value is -1.98. The Kier molecular flexibility index (Phi) is 4.44. The molecule has 1 spiro atoms. The van der Waals surface area contributed by atoms with Crippen molar-refractivity contribution in [3.8, 4) is 5.75 Å². The number of urea groups is 1. The lowest BCUT2D eigenvalue weighted by atomic mass is 9.83. The van der Waals surface area contributed by atoms with Gasteiger partial charge in [-0.05, 0) is 50.0 Å². The number of rotatable bonds is 3. The molecule has 25 heavy (non-hydrogen) atoms. The Labute approximate surface area is 149 Å². The topological polar surface area (TPSA) is 57.7 Å². The third-order valence-electron chi connectivity index (χ3n) is 6.17. The molecule has 6 nitrogen and oxygen atoms in total. The van der Waals surface area contributed by atoms with Crippen LogP contribution in [0.15, 0.2) is 18.3 Å². The molecule has 0 aromatic carbocycles. The molecule has 0 radical (unpaired) electrons. The highest BCUT2D eigenvalue weighted by Crippen LogP contribution is 2.56. The summed E-state index contributed by atoms with van der Waals surface area (Å²) in [6, 6.07) is 4.28. The van der Waals surface area contributed by atoms with Gasteiger partial charge in [0.2, 0.25) is 0 Å². The van der Waals surface area contributed by atoms with Crippen molar-refractivity contribution in [1.29, 1.82) is 0 Å². The fourth-order valence-corrected chi connectivity index (χ4v) is 4.16. The maximum atomic E-state index is 12.5. The van der Waals surface area contributed by atoms with Crippen molar-refractivity contribution in [1.82, 2.24) is 15.2 Å². The van der Waals surface area contributed by atoms with Crippen molar-refractivity contribution in [2.24, 2.45) is 5.41 Å². The van der Waals surface area contributed by atoms with Crippen LogP contribution in [-0.4, -0.2) is 55.2 Å². The summed E-state index contributed by atoms with van der Waals surface area (Å²) in [5.41, 5.74) is 0.677. The minimum Gasteiger partial charge on any atom is -0.497 e. The van der Waals surface area contributed by atoms with Gasteiger partial charge in [0.25, 0.3) is 0 Å². The van der Waals surface area contributed by atoms with Gasteiger partial charge in [-0.25, -0.2) is 9.78 Å². The number of hydrogen-bond acceptors (Lipinski definition) is 4. The number of piperazine rings is 1. The Morgan fingerprint density at radius 1 is 1.20 bits per heavy atom. The van der Waals surface area contributed by atoms with Crippen LogP contribution in [0.5, 0.6) is 5.75 Å². The number of hydrogen-bond donors (Lipinski definition) is 1. The van der Waals surface area contributed by atoms with Crippen molar-refractivity contribution < 1.29 is 9.53 Å². The molecule has 1 N–H and O–H groups in total. The normalized spacial score (nSPS) is 22.8. The molecule has 2 heterocycles. The average molecular weight is 344 g/mol. The second kappa shape index (κ2) is 6.73. The van der Waals surface area contributed by atoms with Gasteiger partial charge in [0.1, 0.15) is 11.6 Å². The zero-order chi connectivity index (χ0) is 17.3. The van der Waals surface area contributed by atoms with E-state index < -0.39 is 0 Å². The quantitative estimate of drug-likeness (QED) is 0.916. The number of nitrogens with zero attached hydrogens (tertiary/aromatic N) is 3. The van der Waals surface area contributed by atoms with Gasteiger partial charge in [0.15, 0.2) is 0 Å². The summed E-state index contributed by atoms with van der Waals surface area (Å²) in [5, 5.41) is 3.26. The van der Waals surface area contributed by atoms with E-state index in [-0.39, 0.29) is 6.03 Å². The SMILES string of the molecule is COc1ccnc(N2CCN(C(=O)NC3CCC4(CC3)CC4)CC2)c1. The molecule has 6 heteroatoms. The van der Waals surface area contributed by atoms with Gasteiger partial charge in [-0.1, -0.05) is 0 Å². The van der Waals surface area contributed by atoms with E-state index in [1.807, 2.05) is 17.0 Å². The molecule has 3 fully saturated rings. The number of carbonyl (C=O) groups is 1. The minimum absolute atomic E-state index is 0.106. The third-order valence-corrected chi connectivity index (χ3v) is 6.17. The molecule has 0 atom stereocenters. The van der Waals surface area contributed by atoms with Crippen LogP contribution in [0.25, 0.3) is 0 Å². The third kappa shape index (κ3) is 3.67. The predicted octanol–water partition coefficient (Wildman–Crippen LogP) is 2.64. The summed E-state index contributed by atoms with van der Waals surface area (Å²) >= 11 is 0. The van der Waals surface area contributed by atoms with Crippen molar-refractivity contribution in [3.05, 3.63) is 18.3 Å². The Balaban J connectivity index is 1.25. The van der Waals surface area contributed by atoms with Crippen molar-refractivity contribution in [3.63, 3.8) is 0 Å². The van der Waals surface area contributed by atoms with Gasteiger partial charge < -0.3 is 19.9 Å². The van der Waals surface area contributed by atoms with Crippen LogP contribution in [0.4, 0.5) is 10.6 Å². The molecule has 1 saturated heterocycles. The van der Waals surface area contributed by atoms with Crippen LogP contribution in [-0.2, 0) is 0 Å². The first-order valence-corrected chi connectivity index (χ1v) is 9.48. The molecule has 1 aliphatic heterocycles. The van der Waals surface area contributed by atoms with E-state index in [1.54, 1.807) is 13.3 Å². The Morgan fingerprint density at radius 3 is 2.56 bits per heavy atom. The fourth-order valence-electron chi connectivity index (χ4n) is 4.16. The number of aromatic nitrogens is 1. The molecular formula is C19H28N4O2. The summed E-state index contributed by atoms with van der Waals surface area (Å²) in [6.45, 7) is 3.09. The molecule has 3 aliphatic rings. The number of anilines is 1. The maximum absolute atomic E-state index is 12.5. The number of methoxy groups -OCH3 is 1. The Morgan fingerprint density at radius 2 is 1.92 bits per heavy atom. The van der Waals surface area contributed by atoms with Crippen molar-refractivity contribution in [2.45, 2.75) is 44.6 Å². The highest BCUT2D eigenvalue weighted by Gasteiger charge is 2.45. The molecular weight excluding hydrogens is 316 g/mol. The van der Waals surface area contributed by atoms with Gasteiger partial charge in [-0.2, -0.15) is 0 Å². The van der Waals surface area contributed by atoms with E-state index in [0.717, 1.165) is 50.6 Å². The van der Waals surface area contributed by atoms with Gasteiger partial charge in [-0.15, -0.1) is 0 Å². The molecule has 2 saturated carbocycles. The van der Waals surface area contributed by atoms with E-state index >= 15 is 0 Å². The lowest BCUT2D eigenvalue weighted by Gasteiger charge is -2.37. The monoisotopic (exact) mass is 344 g/mol. The van der Waals surface area contributed by atoms with Gasteiger partial charge in [0, 0.05) is 44.5 Å². The van der Waals surface area contributed by atoms with E-state index in [9.17, 15) is 4.79 Å². The summed E-state index contributed by atoms with van der Waals surface area (Å²) < 4.78 is 5.27. The van der Waals surface area contributed by atoms with Gasteiger partial charge in [-0.3, -0.25) is 0 Å². The van der Waals surface area contributed by atoms with Crippen LogP contribution < -0.4 is 15.0 Å². The highest BCUT2D eigenvalue weighted by atomic mass is 16.5. The second-order valence-electron chi connectivity index (χ2n) is 7.75. The standard InChI is InChI=1S/C19H28N4O2/c1-25-16-4-9-20-17(14-16)22-10-12-23(13-11-22)18(24)21-15-2-5-19(6-3-15)7-8-19/h4,9,14-15H,2-3,5-8,10-13H2,1H3,(H,21,24). The molecule has 4 rings (SSSR count). The van der Waals surface area contributed by atoms with E-state index in [0.29, 0.717) is 11.5 Å². The van der Waals surface area contributed by atoms with Gasteiger partial charge >= 0.3 is 6.03 Å². The molecule has 0 bridgehead atoms. The van der Waals surface area contributed by atoms with Crippen molar-refractivity contribution >= 4 is 11.8 Å². The average Bonchev–Trinajstić information content (AvgIpc) is 3.43. The molecule has 1 aromatic heterocycles. The van der Waals surface area contributed by atoms with Gasteiger partial charge in [0.05, 0.1) is 7.11 Å². The smallest absolute Gasteiger partial charge is 0.317 e. The van der Waals surface area contributed by atoms with Crippen molar-refractivity contribution in [2.75, 3.05) is 38.2 Å². The first kappa shape index (κ1) is 16.5. The molecule has 136 valence electrons. The molecule has 0 unspecified atom stereocenters. The lowest BCUT2D eigenvalue weighted by molar-refractivity contribution is 0.182. The Bertz CT molecular complexity index is 614. The molecule has 1 aromatic rings. The zero-order valence-corrected chi connectivity index (χ0v) is 15.0. The first-order valence-electron chi connectivity index (χ1n) is 9.48. The van der Waals surface area contributed by atoms with Crippen LogP contribution in [0.2, 0.25) is 0 Å². The first-order chi connectivity index (χ1) is 12.2. The highest BCUT2D eigenvalue weighted by molar-refractivity contribution is 5.75. The predicted molar refractivity (Wildman–Crippen MR) is 97.0 cm³/mol. The van der Waals surface area contributed by atoms with E-state index in [1.165, 1.54) is 25.7 Å². The summed E-state index contributed by atoms with van der Waals surface area (Å²) in [5.74, 6) is 1.73. The summed E-state index contributed by atoms with van der Waals surface area (Å²) in [7, 11) is 1.66. The molecule has 2 amide bonds. The summed E-state index contributed by atoms with van der Waals surface area (Å²) in [4.78, 5) is 21.1. The van der Waals surface area contributed by atoms with Crippen LogP contribution in [0.1, 0.15) is 38.5 Å². The number of ether oxygens (including phenoxy) is 1. The van der Waals surface area contributed by atoms with Crippen LogP contribution in [0.3, 0.4) is 0 Å². The fraction of sp³-hybridized carbons (Fsp3) is 0.684. The number of pyridine rings is 1. The zero-order valence-electron chi connectivity index (χ0n) is 15.0. The number of carbonyl (C=O) groups excluding carboxylic acids is 1. The van der Waals surface area contributed by atoms with E-state index in [4.69, 9.17) is 4.74 Å². The lowest BCUT2D eigenvalue weighted by Crippen LogP contribution is -2.54. The second-order valence-corrected chi connectivity index (χ2v) is 7.75. The number of amides is 2. The largest absolute Gasteiger partial charge is 0.497 e. The minimum atomic E-state index is 0.106. The summed E-state index contributed by atoms with van der Waals surface area (Å²) in [6.07, 6.45) is 9.49. The maximum Gasteiger partial charge on any atom is 0.317 e.